The predicted molar refractivity (Wildman–Crippen MR) is 118 cm³/mol. The van der Waals surface area contributed by atoms with Crippen LogP contribution in [0.4, 0.5) is 22.7 Å². The molecule has 2 aromatic rings. The zero-order valence-electron chi connectivity index (χ0n) is 19.5. The van der Waals surface area contributed by atoms with Gasteiger partial charge in [-0.2, -0.15) is 0 Å². The van der Waals surface area contributed by atoms with Crippen LogP contribution in [0.25, 0.3) is 11.1 Å². The number of ether oxygens (including phenoxy) is 6. The minimum atomic E-state index is -1.08. The highest BCUT2D eigenvalue weighted by Crippen LogP contribution is 2.63. The smallest absolute Gasteiger partial charge is 0.360 e. The first kappa shape index (κ1) is 27.1. The van der Waals surface area contributed by atoms with Crippen molar-refractivity contribution in [3.05, 3.63) is 40.5 Å². The second-order valence-electron chi connectivity index (χ2n) is 6.37. The minimum Gasteiger partial charge on any atom is -0.489 e. The molecule has 0 saturated carbocycles. The summed E-state index contributed by atoms with van der Waals surface area (Å²) < 4.78 is 30.5. The maximum absolute atomic E-state index is 12.0. The normalized spacial score (nSPS) is 10.3. The molecule has 36 heavy (non-hydrogen) atoms. The van der Waals surface area contributed by atoms with E-state index in [1.165, 1.54) is 0 Å². The van der Waals surface area contributed by atoms with E-state index in [0.29, 0.717) is 0 Å². The second kappa shape index (κ2) is 10.4. The Labute approximate surface area is 200 Å². The lowest BCUT2D eigenvalue weighted by molar-refractivity contribution is -0.397. The van der Waals surface area contributed by atoms with E-state index in [4.69, 9.17) is 28.4 Å². The Morgan fingerprint density at radius 2 is 0.556 bits per heavy atom. The first-order chi connectivity index (χ1) is 17.0. The molecule has 194 valence electrons. The Kier molecular flexibility index (Phi) is 7.83. The molecule has 0 aliphatic rings. The summed E-state index contributed by atoms with van der Waals surface area (Å²) in [5.41, 5.74) is -5.69. The number of benzene rings is 2. The van der Waals surface area contributed by atoms with Gasteiger partial charge in [0.2, 0.25) is 23.0 Å². The molecule has 2 aromatic carbocycles. The Hall–Kier alpha value is -5.16. The summed E-state index contributed by atoms with van der Waals surface area (Å²) in [5, 5.41) is 47.8. The number of nitro benzene ring substituents is 4. The fourth-order valence-corrected chi connectivity index (χ4v) is 3.62. The monoisotopic (exact) mass is 514 g/mol. The van der Waals surface area contributed by atoms with Crippen LogP contribution < -0.4 is 28.4 Å². The molecule has 0 aliphatic heterocycles. The van der Waals surface area contributed by atoms with Crippen molar-refractivity contribution in [2.45, 2.75) is 0 Å². The van der Waals surface area contributed by atoms with Gasteiger partial charge in [-0.1, -0.05) is 0 Å². The van der Waals surface area contributed by atoms with Gasteiger partial charge in [-0.15, -0.1) is 0 Å². The molecule has 0 fully saturated rings. The van der Waals surface area contributed by atoms with Crippen molar-refractivity contribution in [3.8, 4) is 45.6 Å². The molecule has 0 bridgehead atoms. The summed E-state index contributed by atoms with van der Waals surface area (Å²) >= 11 is 0. The number of nitro groups is 4. The zero-order chi connectivity index (χ0) is 27.5. The van der Waals surface area contributed by atoms with Gasteiger partial charge in [0.1, 0.15) is 0 Å². The van der Waals surface area contributed by atoms with Crippen LogP contribution in [0.2, 0.25) is 0 Å². The second-order valence-corrected chi connectivity index (χ2v) is 6.37. The lowest BCUT2D eigenvalue weighted by Crippen LogP contribution is -2.09. The molecule has 18 nitrogen and oxygen atoms in total. The number of nitrogens with zero attached hydrogens (tertiary/aromatic N) is 4. The van der Waals surface area contributed by atoms with Crippen molar-refractivity contribution < 1.29 is 48.1 Å². The minimum absolute atomic E-state index is 0.693. The van der Waals surface area contributed by atoms with Gasteiger partial charge in [0.25, 0.3) is 11.5 Å². The molecule has 0 atom stereocenters. The zero-order valence-corrected chi connectivity index (χ0v) is 19.5. The van der Waals surface area contributed by atoms with Crippen molar-refractivity contribution in [1.29, 1.82) is 0 Å². The Morgan fingerprint density at radius 1 is 0.389 bits per heavy atom. The average molecular weight is 514 g/mol. The first-order valence-corrected chi connectivity index (χ1v) is 9.28. The summed E-state index contributed by atoms with van der Waals surface area (Å²) in [6.45, 7) is 0. The molecular formula is C18H18N4O14. The molecule has 0 saturated heterocycles. The predicted octanol–water partition coefficient (Wildman–Crippen LogP) is 3.04. The van der Waals surface area contributed by atoms with E-state index < -0.39 is 88.1 Å². The van der Waals surface area contributed by atoms with E-state index in [9.17, 15) is 40.5 Å². The summed E-state index contributed by atoms with van der Waals surface area (Å²) in [6, 6.07) is 0. The Balaban J connectivity index is 3.53. The topological polar surface area (TPSA) is 228 Å². The van der Waals surface area contributed by atoms with Crippen LogP contribution in [0.1, 0.15) is 0 Å². The molecule has 0 amide bonds. The van der Waals surface area contributed by atoms with Crippen LogP contribution in [0.15, 0.2) is 0 Å². The standard InChI is InChI=1S/C18H18N4O14/c1-31-13-7(14(32-2)10(20(25)26)17(35-5)9(13)19(23)24)8-15(33-3)11(21(27)28)18(36-6)12(22(29)30)16(8)34-4/h1-6H3. The highest BCUT2D eigenvalue weighted by Gasteiger charge is 2.47. The number of hydrogen-bond donors (Lipinski definition) is 0. The van der Waals surface area contributed by atoms with Crippen molar-refractivity contribution in [2.24, 2.45) is 0 Å². The molecular weight excluding hydrogens is 496 g/mol. The van der Waals surface area contributed by atoms with Crippen LogP contribution in [0, 0.1) is 40.5 Å². The molecule has 0 aromatic heterocycles. The Morgan fingerprint density at radius 3 is 0.667 bits per heavy atom. The molecule has 0 spiro atoms. The number of methoxy groups -OCH3 is 6. The van der Waals surface area contributed by atoms with Gasteiger partial charge in [0.05, 0.1) is 73.5 Å². The summed E-state index contributed by atoms with van der Waals surface area (Å²) in [6.07, 6.45) is 0. The molecule has 0 heterocycles. The molecule has 0 radical (unpaired) electrons. The number of rotatable bonds is 11. The van der Waals surface area contributed by atoms with Crippen molar-refractivity contribution >= 4 is 22.7 Å². The van der Waals surface area contributed by atoms with Gasteiger partial charge in [-0.25, -0.2) is 0 Å². The van der Waals surface area contributed by atoms with Crippen molar-refractivity contribution in [3.63, 3.8) is 0 Å². The van der Waals surface area contributed by atoms with Crippen LogP contribution in [0.3, 0.4) is 0 Å². The van der Waals surface area contributed by atoms with Crippen LogP contribution in [-0.4, -0.2) is 62.4 Å². The maximum atomic E-state index is 12.0. The fourth-order valence-electron chi connectivity index (χ4n) is 3.62. The molecule has 0 N–H and O–H groups in total. The Bertz CT molecular complexity index is 1090. The summed E-state index contributed by atoms with van der Waals surface area (Å²) in [5.74, 6) is -4.79. The molecule has 0 unspecified atom stereocenters. The third kappa shape index (κ3) is 3.99. The molecule has 2 rings (SSSR count). The van der Waals surface area contributed by atoms with Gasteiger partial charge < -0.3 is 28.4 Å². The van der Waals surface area contributed by atoms with Gasteiger partial charge in [-0.05, 0) is 0 Å². The lowest BCUT2D eigenvalue weighted by Gasteiger charge is -2.20. The van der Waals surface area contributed by atoms with Crippen molar-refractivity contribution in [1.82, 2.24) is 0 Å². The van der Waals surface area contributed by atoms with Crippen LogP contribution in [-0.2, 0) is 0 Å². The largest absolute Gasteiger partial charge is 0.489 e. The highest BCUT2D eigenvalue weighted by molar-refractivity contribution is 5.99. The van der Waals surface area contributed by atoms with Crippen molar-refractivity contribution in [2.75, 3.05) is 42.7 Å². The van der Waals surface area contributed by atoms with E-state index >= 15 is 0 Å². The first-order valence-electron chi connectivity index (χ1n) is 9.28. The SMILES string of the molecule is COc1c(-c2c(OC)c([N+](=O)[O-])c(OC)c([N+](=O)[O-])c2OC)c(OC)c([N+](=O)[O-])c(OC)c1[N+](=O)[O-]. The van der Waals surface area contributed by atoms with E-state index in [1.54, 1.807) is 0 Å². The van der Waals surface area contributed by atoms with Crippen LogP contribution in [0.5, 0.6) is 34.5 Å². The fraction of sp³-hybridized carbons (Fsp3) is 0.333. The quantitative estimate of drug-likeness (QED) is 0.310. The number of hydrogen-bond acceptors (Lipinski definition) is 14. The van der Waals surface area contributed by atoms with Crippen LogP contribution >= 0.6 is 0 Å². The highest BCUT2D eigenvalue weighted by atomic mass is 16.7. The van der Waals surface area contributed by atoms with Gasteiger partial charge >= 0.3 is 22.7 Å². The average Bonchev–Trinajstić information content (AvgIpc) is 2.83. The molecule has 0 aliphatic carbocycles. The third-order valence-corrected chi connectivity index (χ3v) is 4.83. The summed E-state index contributed by atoms with van der Waals surface area (Å²) in [7, 11) is 5.61. The van der Waals surface area contributed by atoms with Gasteiger partial charge in [0.15, 0.2) is 0 Å². The summed E-state index contributed by atoms with van der Waals surface area (Å²) in [4.78, 5) is 43.6. The van der Waals surface area contributed by atoms with E-state index in [1.807, 2.05) is 0 Å². The van der Waals surface area contributed by atoms with Gasteiger partial charge in [-0.3, -0.25) is 40.5 Å². The lowest BCUT2D eigenvalue weighted by atomic mass is 9.96. The van der Waals surface area contributed by atoms with E-state index in [0.717, 1.165) is 42.7 Å². The maximum Gasteiger partial charge on any atom is 0.360 e. The van der Waals surface area contributed by atoms with Gasteiger partial charge in [0, 0.05) is 0 Å². The molecule has 18 heteroatoms. The van der Waals surface area contributed by atoms with E-state index in [2.05, 4.69) is 0 Å². The third-order valence-electron chi connectivity index (χ3n) is 4.83. The van der Waals surface area contributed by atoms with E-state index in [-0.39, 0.29) is 0 Å².